The van der Waals surface area contributed by atoms with Crippen molar-refractivity contribution in [2.75, 3.05) is 0 Å². The maximum atomic E-state index is 13.6. The van der Waals surface area contributed by atoms with Gasteiger partial charge in [-0.2, -0.15) is 0 Å². The van der Waals surface area contributed by atoms with E-state index in [1.54, 1.807) is 0 Å². The minimum Gasteiger partial charge on any atom is -0.407 e. The lowest BCUT2D eigenvalue weighted by Gasteiger charge is -2.39. The van der Waals surface area contributed by atoms with Gasteiger partial charge in [-0.1, -0.05) is 34.6 Å². The van der Waals surface area contributed by atoms with Crippen molar-refractivity contribution in [1.82, 2.24) is 0 Å². The Morgan fingerprint density at radius 1 is 1.48 bits per heavy atom. The molecule has 0 aromatic heterocycles. The van der Waals surface area contributed by atoms with E-state index < -0.39 is 26.1 Å². The molecule has 1 aliphatic carbocycles. The van der Waals surface area contributed by atoms with Crippen molar-refractivity contribution >= 4 is 8.32 Å². The highest BCUT2D eigenvalue weighted by atomic mass is 28.4. The van der Waals surface area contributed by atoms with Crippen LogP contribution in [0.5, 0.6) is 0 Å². The van der Waals surface area contributed by atoms with Gasteiger partial charge in [0.05, 0.1) is 23.9 Å². The molecule has 5 heteroatoms. The third-order valence-electron chi connectivity index (χ3n) is 5.47. The molecule has 4 atom stereocenters. The summed E-state index contributed by atoms with van der Waals surface area (Å²) in [7, 11) is -2.16. The molecule has 21 heavy (non-hydrogen) atoms. The molecule has 1 N–H and O–H groups in total. The largest absolute Gasteiger partial charge is 0.407 e. The molecule has 0 heterocycles. The van der Waals surface area contributed by atoms with Gasteiger partial charge in [0.15, 0.2) is 8.32 Å². The number of rotatable bonds is 3. The summed E-state index contributed by atoms with van der Waals surface area (Å²) in [5.41, 5.74) is -0.675. The van der Waals surface area contributed by atoms with Crippen LogP contribution in [0.4, 0.5) is 4.39 Å². The van der Waals surface area contributed by atoms with E-state index in [2.05, 4.69) is 38.7 Å². The summed E-state index contributed by atoms with van der Waals surface area (Å²) < 4.78 is 19.8. The Hall–Kier alpha value is -0.703. The molecule has 0 spiro atoms. The van der Waals surface area contributed by atoms with Crippen LogP contribution in [0.2, 0.25) is 18.1 Å². The molecule has 0 aromatic carbocycles. The quantitative estimate of drug-likeness (QED) is 0.622. The first-order chi connectivity index (χ1) is 9.48. The molecule has 1 aliphatic rings. The van der Waals surface area contributed by atoms with Crippen molar-refractivity contribution in [3.63, 3.8) is 0 Å². The van der Waals surface area contributed by atoms with E-state index in [1.807, 2.05) is 13.8 Å². The van der Waals surface area contributed by atoms with Crippen LogP contribution < -0.4 is 0 Å². The Morgan fingerprint density at radius 3 is 2.33 bits per heavy atom. The van der Waals surface area contributed by atoms with Gasteiger partial charge in [0.1, 0.15) is 6.10 Å². The second kappa shape index (κ2) is 5.83. The van der Waals surface area contributed by atoms with Gasteiger partial charge in [-0.15, -0.1) is 0 Å². The van der Waals surface area contributed by atoms with Crippen molar-refractivity contribution in [1.29, 1.82) is 0 Å². The first-order valence-corrected chi connectivity index (χ1v) is 10.4. The standard InChI is InChI=1S/C16H28FNO2Si/c1-9-16(18-6)11(2)13(19)14(12(16)10-17)20-21(7,8)15(3,4)5/h10-11,13-14,19H,9H2,1-5,7-8H3/b12-10-/t11-,13+,14-,16-/m0/s1. The highest BCUT2D eigenvalue weighted by Crippen LogP contribution is 2.49. The number of aliphatic hydroxyl groups is 1. The van der Waals surface area contributed by atoms with E-state index in [4.69, 9.17) is 11.0 Å². The third kappa shape index (κ3) is 2.81. The maximum Gasteiger partial charge on any atom is 0.263 e. The molecule has 1 rings (SSSR count). The molecule has 0 unspecified atom stereocenters. The van der Waals surface area contributed by atoms with Crippen molar-refractivity contribution in [3.05, 3.63) is 23.3 Å². The lowest BCUT2D eigenvalue weighted by atomic mass is 9.83. The van der Waals surface area contributed by atoms with Gasteiger partial charge in [-0.3, -0.25) is 0 Å². The molecule has 0 aromatic rings. The van der Waals surface area contributed by atoms with Gasteiger partial charge in [-0.05, 0) is 18.1 Å². The molecular weight excluding hydrogens is 285 g/mol. The van der Waals surface area contributed by atoms with Crippen LogP contribution in [0.1, 0.15) is 41.0 Å². The van der Waals surface area contributed by atoms with Crippen LogP contribution in [0, 0.1) is 12.5 Å². The molecule has 0 aliphatic heterocycles. The van der Waals surface area contributed by atoms with E-state index in [-0.39, 0.29) is 11.0 Å². The SMILES string of the molecule is [C-]#[N+][C@]1(CC)/C(=C\F)[C@H](O[Si](C)(C)C(C)(C)C)[C@H](O)[C@@H]1C. The molecule has 0 radical (unpaired) electrons. The number of hydrogen-bond acceptors (Lipinski definition) is 2. The normalized spacial score (nSPS) is 36.0. The fourth-order valence-electron chi connectivity index (χ4n) is 2.79. The minimum absolute atomic E-state index is 0.0348. The zero-order valence-electron chi connectivity index (χ0n) is 14.2. The van der Waals surface area contributed by atoms with E-state index in [0.717, 1.165) is 0 Å². The molecule has 0 bridgehead atoms. The van der Waals surface area contributed by atoms with E-state index in [0.29, 0.717) is 18.3 Å². The summed E-state index contributed by atoms with van der Waals surface area (Å²) >= 11 is 0. The van der Waals surface area contributed by atoms with Crippen LogP contribution in [-0.2, 0) is 4.43 Å². The van der Waals surface area contributed by atoms with Gasteiger partial charge in [0.2, 0.25) is 0 Å². The smallest absolute Gasteiger partial charge is 0.263 e. The average Bonchev–Trinajstić information content (AvgIpc) is 2.58. The van der Waals surface area contributed by atoms with Crippen LogP contribution in [-0.4, -0.2) is 31.2 Å². The zero-order valence-corrected chi connectivity index (χ0v) is 15.2. The monoisotopic (exact) mass is 313 g/mol. The molecule has 120 valence electrons. The predicted molar refractivity (Wildman–Crippen MR) is 86.1 cm³/mol. The minimum atomic E-state index is -2.16. The Kier molecular flexibility index (Phi) is 5.09. The summed E-state index contributed by atoms with van der Waals surface area (Å²) in [5.74, 6) is -0.336. The zero-order chi connectivity index (χ0) is 16.6. The Labute approximate surface area is 129 Å². The van der Waals surface area contributed by atoms with Crippen LogP contribution in [0.15, 0.2) is 11.9 Å². The van der Waals surface area contributed by atoms with Crippen molar-refractivity contribution in [2.24, 2.45) is 5.92 Å². The second-order valence-electron chi connectivity index (χ2n) is 7.53. The summed E-state index contributed by atoms with van der Waals surface area (Å²) in [5, 5.41) is 10.5. The first kappa shape index (κ1) is 18.3. The number of hydrogen-bond donors (Lipinski definition) is 1. The summed E-state index contributed by atoms with van der Waals surface area (Å²) in [4.78, 5) is 3.68. The Morgan fingerprint density at radius 2 is 2.00 bits per heavy atom. The summed E-state index contributed by atoms with van der Waals surface area (Å²) in [6, 6.07) is 0. The molecular formula is C16H28FNO2Si. The van der Waals surface area contributed by atoms with Crippen molar-refractivity contribution < 1.29 is 13.9 Å². The lowest BCUT2D eigenvalue weighted by molar-refractivity contribution is 0.0382. The Balaban J connectivity index is 3.24. The fraction of sp³-hybridized carbons (Fsp3) is 0.812. The first-order valence-electron chi connectivity index (χ1n) is 7.53. The van der Waals surface area contributed by atoms with E-state index in [9.17, 15) is 9.50 Å². The molecule has 0 amide bonds. The Bertz CT molecular complexity index is 464. The van der Waals surface area contributed by atoms with E-state index >= 15 is 0 Å². The van der Waals surface area contributed by atoms with Gasteiger partial charge >= 0.3 is 0 Å². The number of aliphatic hydroxyl groups excluding tert-OH is 1. The van der Waals surface area contributed by atoms with Crippen LogP contribution >= 0.6 is 0 Å². The number of nitrogens with zero attached hydrogens (tertiary/aromatic N) is 1. The van der Waals surface area contributed by atoms with Gasteiger partial charge in [-0.25, -0.2) is 11.0 Å². The van der Waals surface area contributed by atoms with Crippen LogP contribution in [0.25, 0.3) is 4.85 Å². The van der Waals surface area contributed by atoms with Crippen LogP contribution in [0.3, 0.4) is 0 Å². The van der Waals surface area contributed by atoms with Crippen molar-refractivity contribution in [3.8, 4) is 0 Å². The van der Waals surface area contributed by atoms with Gasteiger partial charge in [0, 0.05) is 6.42 Å². The van der Waals surface area contributed by atoms with Gasteiger partial charge < -0.3 is 14.4 Å². The highest BCUT2D eigenvalue weighted by Gasteiger charge is 2.61. The average molecular weight is 313 g/mol. The molecule has 1 fully saturated rings. The summed E-state index contributed by atoms with van der Waals surface area (Å²) in [6.45, 7) is 21.6. The topological polar surface area (TPSA) is 33.8 Å². The fourth-order valence-corrected chi connectivity index (χ4v) is 4.05. The second-order valence-corrected chi connectivity index (χ2v) is 12.3. The molecule has 0 saturated heterocycles. The third-order valence-corrected chi connectivity index (χ3v) is 9.92. The molecule has 3 nitrogen and oxygen atoms in total. The maximum absolute atomic E-state index is 13.6. The van der Waals surface area contributed by atoms with Crippen molar-refractivity contribution in [2.45, 2.75) is 76.9 Å². The number of halogens is 1. The molecule has 1 saturated carbocycles. The lowest BCUT2D eigenvalue weighted by Crippen LogP contribution is -2.46. The van der Waals surface area contributed by atoms with E-state index in [1.165, 1.54) is 0 Å². The highest BCUT2D eigenvalue weighted by molar-refractivity contribution is 6.74. The van der Waals surface area contributed by atoms with Gasteiger partial charge in [0.25, 0.3) is 5.54 Å². The predicted octanol–water partition coefficient (Wildman–Crippen LogP) is 4.31. The summed E-state index contributed by atoms with van der Waals surface area (Å²) in [6.07, 6.45) is -0.580.